The maximum Gasteiger partial charge on any atom is 0.328 e. The van der Waals surface area contributed by atoms with Crippen LogP contribution in [0.1, 0.15) is 60.3 Å². The number of hydrogen-bond acceptors (Lipinski definition) is 6. The monoisotopic (exact) mass is 506 g/mol. The molecule has 0 bridgehead atoms. The summed E-state index contributed by atoms with van der Waals surface area (Å²) in [4.78, 5) is 44.4. The second-order valence-corrected chi connectivity index (χ2v) is 9.46. The third kappa shape index (κ3) is 5.19. The minimum atomic E-state index is -0.956. The van der Waals surface area contributed by atoms with Crippen LogP contribution in [0.4, 0.5) is 0 Å². The molecule has 1 aliphatic rings. The summed E-state index contributed by atoms with van der Waals surface area (Å²) in [5.74, 6) is -0.224. The summed E-state index contributed by atoms with van der Waals surface area (Å²) in [5.41, 5.74) is 4.02. The number of nitrogens with one attached hydrogen (secondary N) is 1. The molecular weight excluding hydrogens is 472 g/mol. The molecule has 8 nitrogen and oxygen atoms in total. The van der Waals surface area contributed by atoms with E-state index < -0.39 is 18.1 Å². The summed E-state index contributed by atoms with van der Waals surface area (Å²) in [6.07, 6.45) is 1.36. The molecule has 0 unspecified atom stereocenters. The predicted octanol–water partition coefficient (Wildman–Crippen LogP) is 4.75. The number of ketones is 1. The van der Waals surface area contributed by atoms with Gasteiger partial charge >= 0.3 is 5.97 Å². The number of para-hydroxylation sites is 1. The summed E-state index contributed by atoms with van der Waals surface area (Å²) in [6.45, 7) is 5.74. The third-order valence-corrected chi connectivity index (χ3v) is 6.88. The van der Waals surface area contributed by atoms with E-state index in [0.29, 0.717) is 29.9 Å². The minimum Gasteiger partial charge on any atom is -0.496 e. The first-order chi connectivity index (χ1) is 17.8. The molecule has 196 valence electrons. The highest BCUT2D eigenvalue weighted by Crippen LogP contribution is 2.34. The molecular formula is C29H34N2O6. The average Bonchev–Trinajstić information content (AvgIpc) is 3.27. The minimum absolute atomic E-state index is 0.0959. The standard InChI is InChI=1S/C29H34N2O6/c1-6-7-12-24(32)27-25(35-4)13-17(2)14-26(27)37-18(3)28(33)31-16-22-20(15-23(31)29(34)36-5)19-10-8-9-11-21(19)30-22/h8-11,13-14,18,23,30H,6-7,12,15-16H2,1-5H3/t18-,23+/m1/s1. The van der Waals surface area contributed by atoms with Crippen molar-refractivity contribution < 1.29 is 28.6 Å². The number of benzene rings is 2. The Hall–Kier alpha value is -3.81. The topological polar surface area (TPSA) is 97.9 Å². The van der Waals surface area contributed by atoms with Crippen LogP contribution in [-0.4, -0.2) is 53.9 Å². The van der Waals surface area contributed by atoms with Crippen molar-refractivity contribution in [3.63, 3.8) is 0 Å². The van der Waals surface area contributed by atoms with E-state index in [9.17, 15) is 14.4 Å². The van der Waals surface area contributed by atoms with Crippen molar-refractivity contribution in [1.82, 2.24) is 9.88 Å². The first-order valence-corrected chi connectivity index (χ1v) is 12.6. The number of rotatable bonds is 9. The summed E-state index contributed by atoms with van der Waals surface area (Å²) in [5, 5.41) is 1.03. The van der Waals surface area contributed by atoms with Crippen molar-refractivity contribution >= 4 is 28.6 Å². The molecule has 2 heterocycles. The van der Waals surface area contributed by atoms with Crippen molar-refractivity contribution in [3.05, 3.63) is 58.8 Å². The van der Waals surface area contributed by atoms with Gasteiger partial charge in [0.1, 0.15) is 23.1 Å². The molecule has 0 radical (unpaired) electrons. The highest BCUT2D eigenvalue weighted by molar-refractivity contribution is 6.01. The number of carbonyl (C=O) groups excluding carboxylic acids is 3. The smallest absolute Gasteiger partial charge is 0.328 e. The van der Waals surface area contributed by atoms with E-state index in [1.165, 1.54) is 19.1 Å². The van der Waals surface area contributed by atoms with Crippen LogP contribution >= 0.6 is 0 Å². The number of amides is 1. The fraction of sp³-hybridized carbons (Fsp3) is 0.414. The van der Waals surface area contributed by atoms with Gasteiger partial charge in [-0.2, -0.15) is 0 Å². The molecule has 4 rings (SSSR count). The van der Waals surface area contributed by atoms with Crippen LogP contribution in [0.5, 0.6) is 11.5 Å². The molecule has 0 saturated heterocycles. The molecule has 1 amide bonds. The van der Waals surface area contributed by atoms with E-state index in [-0.39, 0.29) is 18.2 Å². The van der Waals surface area contributed by atoms with Gasteiger partial charge in [0.05, 0.1) is 20.8 Å². The lowest BCUT2D eigenvalue weighted by molar-refractivity contribution is -0.156. The van der Waals surface area contributed by atoms with Gasteiger partial charge in [-0.3, -0.25) is 9.59 Å². The molecule has 37 heavy (non-hydrogen) atoms. The van der Waals surface area contributed by atoms with Gasteiger partial charge in [-0.1, -0.05) is 31.5 Å². The number of esters is 1. The number of fused-ring (bicyclic) bond motifs is 3. The van der Waals surface area contributed by atoms with E-state index >= 15 is 0 Å². The van der Waals surface area contributed by atoms with E-state index in [2.05, 4.69) is 4.98 Å². The summed E-state index contributed by atoms with van der Waals surface area (Å²) < 4.78 is 16.7. The van der Waals surface area contributed by atoms with Gasteiger partial charge in [0.15, 0.2) is 11.9 Å². The Labute approximate surface area is 216 Å². The van der Waals surface area contributed by atoms with E-state index in [1.807, 2.05) is 38.1 Å². The van der Waals surface area contributed by atoms with Crippen molar-refractivity contribution in [1.29, 1.82) is 0 Å². The number of Topliss-reactive ketones (excluding diaryl/α,β-unsaturated/α-hetero) is 1. The Morgan fingerprint density at radius 3 is 2.57 bits per heavy atom. The zero-order chi connectivity index (χ0) is 26.7. The fourth-order valence-corrected chi connectivity index (χ4v) is 4.97. The highest BCUT2D eigenvalue weighted by atomic mass is 16.5. The largest absolute Gasteiger partial charge is 0.496 e. The van der Waals surface area contributed by atoms with Crippen LogP contribution in [0.2, 0.25) is 0 Å². The van der Waals surface area contributed by atoms with Crippen LogP contribution in [0, 0.1) is 6.92 Å². The highest BCUT2D eigenvalue weighted by Gasteiger charge is 2.39. The molecule has 0 saturated carbocycles. The Kier molecular flexibility index (Phi) is 7.86. The SMILES string of the molecule is CCCCC(=O)c1c(OC)cc(C)cc1O[C@H](C)C(=O)N1Cc2[nH]c3ccccc3c2C[C@H]1C(=O)OC. The van der Waals surface area contributed by atoms with Gasteiger partial charge in [-0.15, -0.1) is 0 Å². The maximum atomic E-state index is 13.7. The summed E-state index contributed by atoms with van der Waals surface area (Å²) in [7, 11) is 2.83. The zero-order valence-corrected chi connectivity index (χ0v) is 22.1. The van der Waals surface area contributed by atoms with Gasteiger partial charge in [0, 0.05) is 29.4 Å². The van der Waals surface area contributed by atoms with Crippen LogP contribution < -0.4 is 9.47 Å². The molecule has 0 spiro atoms. The van der Waals surface area contributed by atoms with Crippen molar-refractivity contribution in [3.8, 4) is 11.5 Å². The number of hydrogen-bond donors (Lipinski definition) is 1. The normalized spacial score (nSPS) is 15.7. The quantitative estimate of drug-likeness (QED) is 0.332. The average molecular weight is 507 g/mol. The van der Waals surface area contributed by atoms with Crippen molar-refractivity contribution in [2.75, 3.05) is 14.2 Å². The first kappa shape index (κ1) is 26.3. The summed E-state index contributed by atoms with van der Waals surface area (Å²) >= 11 is 0. The molecule has 1 aromatic heterocycles. The molecule has 3 aromatic rings. The number of carbonyl (C=O) groups is 3. The molecule has 8 heteroatoms. The maximum absolute atomic E-state index is 13.7. The van der Waals surface area contributed by atoms with Gasteiger partial charge < -0.3 is 24.1 Å². The Bertz CT molecular complexity index is 1330. The fourth-order valence-electron chi connectivity index (χ4n) is 4.97. The van der Waals surface area contributed by atoms with Crippen molar-refractivity contribution in [2.24, 2.45) is 0 Å². The van der Waals surface area contributed by atoms with Crippen LogP contribution in [0.3, 0.4) is 0 Å². The third-order valence-electron chi connectivity index (χ3n) is 6.88. The molecule has 2 atom stereocenters. The summed E-state index contributed by atoms with van der Waals surface area (Å²) in [6, 6.07) is 10.6. The van der Waals surface area contributed by atoms with E-state index in [1.54, 1.807) is 19.1 Å². The molecule has 0 aliphatic carbocycles. The van der Waals surface area contributed by atoms with E-state index in [0.717, 1.165) is 40.6 Å². The first-order valence-electron chi connectivity index (χ1n) is 12.6. The lowest BCUT2D eigenvalue weighted by atomic mass is 9.96. The lowest BCUT2D eigenvalue weighted by Crippen LogP contribution is -2.52. The second kappa shape index (κ2) is 11.1. The molecule has 2 aromatic carbocycles. The predicted molar refractivity (Wildman–Crippen MR) is 140 cm³/mol. The van der Waals surface area contributed by atoms with Gasteiger partial charge in [-0.25, -0.2) is 4.79 Å². The number of aromatic nitrogens is 1. The molecule has 1 N–H and O–H groups in total. The molecule has 1 aliphatic heterocycles. The lowest BCUT2D eigenvalue weighted by Gasteiger charge is -2.35. The number of nitrogens with zero attached hydrogens (tertiary/aromatic N) is 1. The van der Waals surface area contributed by atoms with Gasteiger partial charge in [0.2, 0.25) is 0 Å². The number of unbranched alkanes of at least 4 members (excludes halogenated alkanes) is 1. The Morgan fingerprint density at radius 2 is 1.86 bits per heavy atom. The number of aromatic amines is 1. The van der Waals surface area contributed by atoms with Crippen LogP contribution in [-0.2, 0) is 27.3 Å². The zero-order valence-electron chi connectivity index (χ0n) is 22.1. The van der Waals surface area contributed by atoms with Gasteiger partial charge in [0.25, 0.3) is 5.91 Å². The number of methoxy groups -OCH3 is 2. The number of aryl methyl sites for hydroxylation is 1. The molecule has 0 fully saturated rings. The van der Waals surface area contributed by atoms with Crippen molar-refractivity contribution in [2.45, 2.75) is 65.1 Å². The van der Waals surface area contributed by atoms with Gasteiger partial charge in [-0.05, 0) is 49.6 Å². The van der Waals surface area contributed by atoms with Crippen LogP contribution in [0.15, 0.2) is 36.4 Å². The Morgan fingerprint density at radius 1 is 1.14 bits per heavy atom. The number of ether oxygens (including phenoxy) is 3. The van der Waals surface area contributed by atoms with Crippen LogP contribution in [0.25, 0.3) is 10.9 Å². The Balaban J connectivity index is 1.65. The number of H-pyrrole nitrogens is 1. The van der Waals surface area contributed by atoms with E-state index in [4.69, 9.17) is 14.2 Å². The second-order valence-electron chi connectivity index (χ2n) is 9.46.